The Bertz CT molecular complexity index is 510. The first-order chi connectivity index (χ1) is 8.16. The molecule has 2 rings (SSSR count). The number of carboxylic acids is 1. The Morgan fingerprint density at radius 1 is 1.53 bits per heavy atom. The van der Waals surface area contributed by atoms with Gasteiger partial charge in [0.1, 0.15) is 10.8 Å². The molecule has 2 aromatic rings. The molecule has 0 saturated heterocycles. The summed E-state index contributed by atoms with van der Waals surface area (Å²) in [6.45, 7) is 1.50. The molecule has 0 spiro atoms. The van der Waals surface area contributed by atoms with Crippen molar-refractivity contribution in [2.45, 2.75) is 13.0 Å². The van der Waals surface area contributed by atoms with Crippen LogP contribution in [0.2, 0.25) is 0 Å². The van der Waals surface area contributed by atoms with E-state index in [1.807, 2.05) is 17.5 Å². The van der Waals surface area contributed by atoms with Crippen molar-refractivity contribution in [3.05, 3.63) is 35.8 Å². The average Bonchev–Trinajstić information content (AvgIpc) is 2.82. The Kier molecular flexibility index (Phi) is 3.39. The minimum atomic E-state index is -0.982. The van der Waals surface area contributed by atoms with Gasteiger partial charge in [-0.2, -0.15) is 0 Å². The molecule has 0 fully saturated rings. The first-order valence-electron chi connectivity index (χ1n) is 5.06. The summed E-state index contributed by atoms with van der Waals surface area (Å²) >= 11 is 1.53. The van der Waals surface area contributed by atoms with E-state index in [0.717, 1.165) is 10.6 Å². The van der Waals surface area contributed by atoms with Crippen LogP contribution in [-0.2, 0) is 4.79 Å². The number of nitrogens with zero attached hydrogens (tertiary/aromatic N) is 1. The monoisotopic (exact) mass is 249 g/mol. The fraction of sp³-hybridized carbons (Fsp3) is 0.167. The molecule has 0 radical (unpaired) electrons. The van der Waals surface area contributed by atoms with Crippen LogP contribution in [0.1, 0.15) is 6.92 Å². The third kappa shape index (κ3) is 2.82. The van der Waals surface area contributed by atoms with Crippen LogP contribution in [0.3, 0.4) is 0 Å². The second-order valence-electron chi connectivity index (χ2n) is 3.46. The third-order valence-electron chi connectivity index (χ3n) is 2.17. The fourth-order valence-electron chi connectivity index (χ4n) is 1.32. The number of hydrogen-bond donors (Lipinski definition) is 1. The third-order valence-corrected chi connectivity index (χ3v) is 3.00. The Balaban J connectivity index is 2.20. The molecule has 17 heavy (non-hydrogen) atoms. The highest BCUT2D eigenvalue weighted by Crippen LogP contribution is 2.25. The Hall–Kier alpha value is -1.88. The highest BCUT2D eigenvalue weighted by atomic mass is 32.1. The molecule has 88 valence electrons. The fourth-order valence-corrected chi connectivity index (χ4v) is 1.96. The van der Waals surface area contributed by atoms with Gasteiger partial charge in [0, 0.05) is 17.1 Å². The SMILES string of the molecule is CC(Oc1cccc(-c2nccs2)c1)C(=O)O. The molecule has 0 aliphatic carbocycles. The standard InChI is InChI=1S/C12H11NO3S/c1-8(12(14)15)16-10-4-2-3-9(7-10)11-13-5-6-17-11/h2-8H,1H3,(H,14,15). The molecule has 0 amide bonds. The van der Waals surface area contributed by atoms with Crippen molar-refractivity contribution in [1.82, 2.24) is 4.98 Å². The zero-order valence-electron chi connectivity index (χ0n) is 9.16. The second kappa shape index (κ2) is 4.97. The Morgan fingerprint density at radius 3 is 3.00 bits per heavy atom. The van der Waals surface area contributed by atoms with Crippen LogP contribution in [0.15, 0.2) is 35.8 Å². The molecule has 0 bridgehead atoms. The summed E-state index contributed by atoms with van der Waals surface area (Å²) in [5.74, 6) is -0.447. The van der Waals surface area contributed by atoms with Gasteiger partial charge in [-0.15, -0.1) is 11.3 Å². The molecule has 1 heterocycles. The summed E-state index contributed by atoms with van der Waals surface area (Å²) in [6, 6.07) is 7.26. The van der Waals surface area contributed by atoms with Crippen LogP contribution in [0, 0.1) is 0 Å². The Morgan fingerprint density at radius 2 is 2.35 bits per heavy atom. The molecule has 4 nitrogen and oxygen atoms in total. The molecule has 5 heteroatoms. The van der Waals surface area contributed by atoms with Crippen LogP contribution in [0.5, 0.6) is 5.75 Å². The summed E-state index contributed by atoms with van der Waals surface area (Å²) < 4.78 is 5.29. The quantitative estimate of drug-likeness (QED) is 0.905. The zero-order valence-corrected chi connectivity index (χ0v) is 9.98. The van der Waals surface area contributed by atoms with Crippen LogP contribution >= 0.6 is 11.3 Å². The lowest BCUT2D eigenvalue weighted by Crippen LogP contribution is -2.22. The number of aromatic nitrogens is 1. The summed E-state index contributed by atoms with van der Waals surface area (Å²) in [7, 11) is 0. The molecular weight excluding hydrogens is 238 g/mol. The summed E-state index contributed by atoms with van der Waals surface area (Å²) in [4.78, 5) is 14.9. The number of hydrogen-bond acceptors (Lipinski definition) is 4. The number of ether oxygens (including phenoxy) is 1. The smallest absolute Gasteiger partial charge is 0.344 e. The molecule has 0 aliphatic rings. The van der Waals surface area contributed by atoms with Crippen molar-refractivity contribution in [2.24, 2.45) is 0 Å². The van der Waals surface area contributed by atoms with Gasteiger partial charge in [-0.1, -0.05) is 12.1 Å². The van der Waals surface area contributed by atoms with Crippen LogP contribution in [-0.4, -0.2) is 22.2 Å². The summed E-state index contributed by atoms with van der Waals surface area (Å²) in [6.07, 6.45) is 0.870. The van der Waals surface area contributed by atoms with Crippen molar-refractivity contribution in [2.75, 3.05) is 0 Å². The average molecular weight is 249 g/mol. The molecular formula is C12H11NO3S. The van der Waals surface area contributed by atoms with Crippen molar-refractivity contribution >= 4 is 17.3 Å². The molecule has 1 aromatic heterocycles. The van der Waals surface area contributed by atoms with Crippen molar-refractivity contribution in [3.63, 3.8) is 0 Å². The lowest BCUT2D eigenvalue weighted by molar-refractivity contribution is -0.144. The van der Waals surface area contributed by atoms with Gasteiger partial charge in [0.15, 0.2) is 6.10 Å². The van der Waals surface area contributed by atoms with Crippen LogP contribution < -0.4 is 4.74 Å². The van der Waals surface area contributed by atoms with E-state index < -0.39 is 12.1 Å². The maximum Gasteiger partial charge on any atom is 0.344 e. The lowest BCUT2D eigenvalue weighted by atomic mass is 10.2. The highest BCUT2D eigenvalue weighted by molar-refractivity contribution is 7.13. The largest absolute Gasteiger partial charge is 0.479 e. The number of aliphatic carboxylic acids is 1. The van der Waals surface area contributed by atoms with Gasteiger partial charge in [-0.05, 0) is 19.1 Å². The van der Waals surface area contributed by atoms with Crippen molar-refractivity contribution < 1.29 is 14.6 Å². The van der Waals surface area contributed by atoms with Crippen LogP contribution in [0.25, 0.3) is 10.6 Å². The molecule has 0 aliphatic heterocycles. The zero-order chi connectivity index (χ0) is 12.3. The summed E-state index contributed by atoms with van der Waals surface area (Å²) in [5.41, 5.74) is 0.926. The second-order valence-corrected chi connectivity index (χ2v) is 4.36. The van der Waals surface area contributed by atoms with E-state index >= 15 is 0 Å². The highest BCUT2D eigenvalue weighted by Gasteiger charge is 2.12. The van der Waals surface area contributed by atoms with E-state index in [9.17, 15) is 4.79 Å². The van der Waals surface area contributed by atoms with Gasteiger partial charge in [-0.25, -0.2) is 9.78 Å². The number of thiazole rings is 1. The summed E-state index contributed by atoms with van der Waals surface area (Å²) in [5, 5.41) is 11.5. The lowest BCUT2D eigenvalue weighted by Gasteiger charge is -2.10. The number of carbonyl (C=O) groups is 1. The van der Waals surface area contributed by atoms with E-state index in [-0.39, 0.29) is 0 Å². The molecule has 1 unspecified atom stereocenters. The van der Waals surface area contributed by atoms with E-state index in [1.54, 1.807) is 18.3 Å². The maximum atomic E-state index is 10.7. The minimum Gasteiger partial charge on any atom is -0.479 e. The van der Waals surface area contributed by atoms with E-state index in [0.29, 0.717) is 5.75 Å². The van der Waals surface area contributed by atoms with E-state index in [1.165, 1.54) is 18.3 Å². The predicted octanol–water partition coefficient (Wildman–Crippen LogP) is 2.66. The Labute approximate surface area is 103 Å². The molecule has 0 saturated carbocycles. The van der Waals surface area contributed by atoms with Crippen LogP contribution in [0.4, 0.5) is 0 Å². The maximum absolute atomic E-state index is 10.7. The van der Waals surface area contributed by atoms with E-state index in [2.05, 4.69) is 4.98 Å². The molecule has 1 aromatic carbocycles. The van der Waals surface area contributed by atoms with Crippen molar-refractivity contribution in [1.29, 1.82) is 0 Å². The van der Waals surface area contributed by atoms with Gasteiger partial charge in [-0.3, -0.25) is 0 Å². The first-order valence-corrected chi connectivity index (χ1v) is 5.94. The number of carboxylic acid groups (broad SMARTS) is 1. The van der Waals surface area contributed by atoms with Gasteiger partial charge in [0.05, 0.1) is 0 Å². The normalized spacial score (nSPS) is 12.1. The molecule has 1 atom stereocenters. The topological polar surface area (TPSA) is 59.4 Å². The van der Waals surface area contributed by atoms with E-state index in [4.69, 9.17) is 9.84 Å². The first kappa shape index (κ1) is 11.6. The van der Waals surface area contributed by atoms with Gasteiger partial charge in [0.25, 0.3) is 0 Å². The molecule has 1 N–H and O–H groups in total. The van der Waals surface area contributed by atoms with Gasteiger partial charge in [0.2, 0.25) is 0 Å². The number of benzene rings is 1. The number of rotatable bonds is 4. The van der Waals surface area contributed by atoms with Gasteiger partial charge >= 0.3 is 5.97 Å². The predicted molar refractivity (Wildman–Crippen MR) is 65.3 cm³/mol. The minimum absolute atomic E-state index is 0.535. The van der Waals surface area contributed by atoms with Crippen molar-refractivity contribution in [3.8, 4) is 16.3 Å². The van der Waals surface area contributed by atoms with Gasteiger partial charge < -0.3 is 9.84 Å².